The topological polar surface area (TPSA) is 117 Å². The number of amides is 3. The second kappa shape index (κ2) is 14.5. The van der Waals surface area contributed by atoms with Gasteiger partial charge in [-0.15, -0.1) is 0 Å². The van der Waals surface area contributed by atoms with Crippen LogP contribution in [0.1, 0.15) is 61.1 Å². The van der Waals surface area contributed by atoms with Crippen molar-refractivity contribution in [3.8, 4) is 0 Å². The summed E-state index contributed by atoms with van der Waals surface area (Å²) in [6.07, 6.45) is 0.586. The lowest BCUT2D eigenvalue weighted by atomic mass is 9.93. The minimum atomic E-state index is -0.946. The van der Waals surface area contributed by atoms with Gasteiger partial charge in [0.2, 0.25) is 11.8 Å². The third kappa shape index (κ3) is 8.46. The second-order valence-corrected chi connectivity index (χ2v) is 12.6. The molecule has 0 radical (unpaired) electrons. The second-order valence-electron chi connectivity index (χ2n) is 12.6. The third-order valence-corrected chi connectivity index (χ3v) is 8.28. The van der Waals surface area contributed by atoms with E-state index in [1.807, 2.05) is 111 Å². The number of benzene rings is 4. The van der Waals surface area contributed by atoms with Crippen molar-refractivity contribution >= 4 is 34.3 Å². The number of carbonyl (C=O) groups is 4. The molecule has 4 aromatic carbocycles. The Hall–Kier alpha value is -4.82. The number of hydrogen-bond acceptors (Lipinski definition) is 5. The first-order valence-electron chi connectivity index (χ1n) is 15.8. The number of ether oxygens (including phenoxy) is 1. The minimum absolute atomic E-state index is 0.0951. The van der Waals surface area contributed by atoms with E-state index in [9.17, 15) is 19.2 Å². The average molecular weight is 620 g/mol. The lowest BCUT2D eigenvalue weighted by molar-refractivity contribution is -0.133. The van der Waals surface area contributed by atoms with Crippen LogP contribution in [0.15, 0.2) is 103 Å². The van der Waals surface area contributed by atoms with E-state index in [2.05, 4.69) is 16.0 Å². The largest absolute Gasteiger partial charge is 0.361 e. The highest BCUT2D eigenvalue weighted by molar-refractivity contribution is 5.99. The maximum absolute atomic E-state index is 13.8. The minimum Gasteiger partial charge on any atom is -0.361 e. The lowest BCUT2D eigenvalue weighted by Gasteiger charge is -2.26. The van der Waals surface area contributed by atoms with Crippen molar-refractivity contribution in [3.63, 3.8) is 0 Å². The number of Topliss-reactive ketones (excluding diaryl/α,β-unsaturated/α-hetero) is 1. The zero-order chi connectivity index (χ0) is 32.7. The molecule has 4 aromatic rings. The van der Waals surface area contributed by atoms with Crippen LogP contribution in [0.5, 0.6) is 0 Å². The fourth-order valence-electron chi connectivity index (χ4n) is 5.60. The first-order chi connectivity index (χ1) is 22.1. The Morgan fingerprint density at radius 2 is 1.39 bits per heavy atom. The number of rotatable bonds is 14. The molecule has 3 N–H and O–H groups in total. The van der Waals surface area contributed by atoms with E-state index in [1.54, 1.807) is 13.0 Å². The maximum Gasteiger partial charge on any atom is 0.251 e. The van der Waals surface area contributed by atoms with Crippen molar-refractivity contribution in [3.05, 3.63) is 120 Å². The molecule has 1 aliphatic rings. The van der Waals surface area contributed by atoms with Gasteiger partial charge in [0.1, 0.15) is 11.6 Å². The summed E-state index contributed by atoms with van der Waals surface area (Å²) in [6, 6.07) is 29.6. The van der Waals surface area contributed by atoms with Gasteiger partial charge >= 0.3 is 0 Å². The molecule has 0 saturated carbocycles. The Balaban J connectivity index is 1.34. The molecule has 1 fully saturated rings. The Kier molecular flexibility index (Phi) is 10.3. The summed E-state index contributed by atoms with van der Waals surface area (Å²) in [4.78, 5) is 54.1. The molecule has 8 heteroatoms. The van der Waals surface area contributed by atoms with Gasteiger partial charge in [0.05, 0.1) is 25.1 Å². The molecule has 0 unspecified atom stereocenters. The molecule has 4 atom stereocenters. The van der Waals surface area contributed by atoms with Crippen LogP contribution in [0.2, 0.25) is 0 Å². The number of ketones is 1. The van der Waals surface area contributed by atoms with Gasteiger partial charge in [0, 0.05) is 12.0 Å². The molecule has 1 saturated heterocycles. The monoisotopic (exact) mass is 619 g/mol. The van der Waals surface area contributed by atoms with Crippen LogP contribution in [0.25, 0.3) is 10.8 Å². The molecule has 1 aliphatic heterocycles. The SMILES string of the molecule is CC(C)C[C@H](NC(=O)[C@H](Cc1ccccc1)NC(=O)C[C@H](NC(=O)c1ccc2ccccc2c1)c1ccccc1)C(=O)[C@@]1(C)CO1. The number of nitrogens with one attached hydrogen (secondary N) is 3. The van der Waals surface area contributed by atoms with Crippen LogP contribution in [-0.4, -0.2) is 47.8 Å². The van der Waals surface area contributed by atoms with E-state index in [0.29, 0.717) is 18.6 Å². The predicted molar refractivity (Wildman–Crippen MR) is 178 cm³/mol. The fourth-order valence-corrected chi connectivity index (χ4v) is 5.60. The average Bonchev–Trinajstić information content (AvgIpc) is 3.82. The van der Waals surface area contributed by atoms with Crippen molar-refractivity contribution in [1.82, 2.24) is 16.0 Å². The normalized spacial score (nSPS) is 17.5. The van der Waals surface area contributed by atoms with Gasteiger partial charge in [0.15, 0.2) is 5.78 Å². The van der Waals surface area contributed by atoms with E-state index >= 15 is 0 Å². The number of carbonyl (C=O) groups excluding carboxylic acids is 4. The Labute approximate surface area is 269 Å². The smallest absolute Gasteiger partial charge is 0.251 e. The predicted octanol–water partition coefficient (Wildman–Crippen LogP) is 5.32. The fraction of sp³-hybridized carbons (Fsp3) is 0.316. The quantitative estimate of drug-likeness (QED) is 0.165. The summed E-state index contributed by atoms with van der Waals surface area (Å²) in [5.41, 5.74) is 1.21. The number of fused-ring (bicyclic) bond motifs is 1. The van der Waals surface area contributed by atoms with Crippen molar-refractivity contribution in [2.45, 2.75) is 63.8 Å². The zero-order valence-corrected chi connectivity index (χ0v) is 26.5. The number of epoxide rings is 1. The lowest BCUT2D eigenvalue weighted by Crippen LogP contribution is -2.54. The van der Waals surface area contributed by atoms with Gasteiger partial charge in [-0.05, 0) is 53.3 Å². The van der Waals surface area contributed by atoms with E-state index in [4.69, 9.17) is 4.74 Å². The van der Waals surface area contributed by atoms with E-state index in [-0.39, 0.29) is 30.4 Å². The van der Waals surface area contributed by atoms with E-state index in [0.717, 1.165) is 21.9 Å². The van der Waals surface area contributed by atoms with Crippen LogP contribution in [0.4, 0.5) is 0 Å². The molecule has 0 aliphatic carbocycles. The van der Waals surface area contributed by atoms with Crippen LogP contribution in [0.3, 0.4) is 0 Å². The zero-order valence-electron chi connectivity index (χ0n) is 26.5. The summed E-state index contributed by atoms with van der Waals surface area (Å²) < 4.78 is 5.39. The van der Waals surface area contributed by atoms with Crippen molar-refractivity contribution in [2.75, 3.05) is 6.61 Å². The molecule has 0 bridgehead atoms. The van der Waals surface area contributed by atoms with Gasteiger partial charge in [-0.3, -0.25) is 19.2 Å². The van der Waals surface area contributed by atoms with Gasteiger partial charge in [0.25, 0.3) is 5.91 Å². The van der Waals surface area contributed by atoms with E-state index < -0.39 is 35.5 Å². The van der Waals surface area contributed by atoms with Crippen molar-refractivity contribution in [1.29, 1.82) is 0 Å². The van der Waals surface area contributed by atoms with Crippen molar-refractivity contribution in [2.24, 2.45) is 5.92 Å². The molecule has 5 rings (SSSR count). The summed E-state index contributed by atoms with van der Waals surface area (Å²) in [7, 11) is 0. The first-order valence-corrected chi connectivity index (χ1v) is 15.8. The standard InChI is InChI=1S/C38H41N3O5/c1-25(2)20-32(35(43)38(3)24-46-38)41-37(45)33(21-26-12-6-4-7-13-26)39-34(42)23-31(28-15-8-5-9-16-28)40-36(44)30-19-18-27-14-10-11-17-29(27)22-30/h4-19,22,25,31-33H,20-21,23-24H2,1-3H3,(H,39,42)(H,40,44)(H,41,45)/t31-,32-,33-,38+/m0/s1. The Morgan fingerprint density at radius 3 is 2.04 bits per heavy atom. The Morgan fingerprint density at radius 1 is 0.761 bits per heavy atom. The molecule has 0 spiro atoms. The molecule has 8 nitrogen and oxygen atoms in total. The van der Waals surface area contributed by atoms with Gasteiger partial charge in [-0.1, -0.05) is 105 Å². The molecule has 3 amide bonds. The molecular formula is C38H41N3O5. The first kappa shape index (κ1) is 32.6. The summed E-state index contributed by atoms with van der Waals surface area (Å²) in [6.45, 7) is 6.03. The van der Waals surface area contributed by atoms with Crippen LogP contribution in [0, 0.1) is 5.92 Å². The third-order valence-electron chi connectivity index (χ3n) is 8.28. The van der Waals surface area contributed by atoms with E-state index in [1.165, 1.54) is 0 Å². The maximum atomic E-state index is 13.8. The molecule has 238 valence electrons. The number of hydrogen-bond donors (Lipinski definition) is 3. The molecule has 46 heavy (non-hydrogen) atoms. The summed E-state index contributed by atoms with van der Waals surface area (Å²) in [5.74, 6) is -1.18. The van der Waals surface area contributed by atoms with Crippen LogP contribution < -0.4 is 16.0 Å². The van der Waals surface area contributed by atoms with Gasteiger partial charge in [-0.25, -0.2) is 0 Å². The summed E-state index contributed by atoms with van der Waals surface area (Å²) in [5, 5.41) is 10.8. The summed E-state index contributed by atoms with van der Waals surface area (Å²) >= 11 is 0. The van der Waals surface area contributed by atoms with Gasteiger partial charge in [-0.2, -0.15) is 0 Å². The van der Waals surface area contributed by atoms with Gasteiger partial charge < -0.3 is 20.7 Å². The highest BCUT2D eigenvalue weighted by Crippen LogP contribution is 2.30. The highest BCUT2D eigenvalue weighted by Gasteiger charge is 2.50. The molecule has 0 aromatic heterocycles. The highest BCUT2D eigenvalue weighted by atomic mass is 16.6. The van der Waals surface area contributed by atoms with Crippen LogP contribution in [-0.2, 0) is 25.5 Å². The van der Waals surface area contributed by atoms with Crippen LogP contribution >= 0.6 is 0 Å². The molecular weight excluding hydrogens is 578 g/mol. The van der Waals surface area contributed by atoms with Crippen molar-refractivity contribution < 1.29 is 23.9 Å². The molecule has 1 heterocycles. The Bertz CT molecular complexity index is 1680.